The first-order valence-corrected chi connectivity index (χ1v) is 6.28. The first-order chi connectivity index (χ1) is 10.4. The van der Waals surface area contributed by atoms with E-state index in [1.807, 2.05) is 0 Å². The Labute approximate surface area is 123 Å². The lowest BCUT2D eigenvalue weighted by Crippen LogP contribution is -2.10. The van der Waals surface area contributed by atoms with Crippen LogP contribution in [0.2, 0.25) is 0 Å². The number of carbonyl (C=O) groups excluding carboxylic acids is 1. The molecule has 0 aliphatic carbocycles. The third-order valence-corrected chi connectivity index (χ3v) is 3.30. The van der Waals surface area contributed by atoms with Gasteiger partial charge in [0.2, 0.25) is 5.78 Å². The van der Waals surface area contributed by atoms with Gasteiger partial charge in [-0.2, -0.15) is 13.2 Å². The largest absolute Gasteiger partial charge is 0.472 e. The number of hydrogen-bond acceptors (Lipinski definition) is 4. The third-order valence-electron chi connectivity index (χ3n) is 3.30. The molecular formula is C15H10F3NO3. The minimum Gasteiger partial charge on any atom is -0.472 e. The van der Waals surface area contributed by atoms with Crippen LogP contribution in [-0.4, -0.2) is 5.78 Å². The summed E-state index contributed by atoms with van der Waals surface area (Å²) in [5, 5.41) is 0. The van der Waals surface area contributed by atoms with Gasteiger partial charge in [0, 0.05) is 5.56 Å². The van der Waals surface area contributed by atoms with Crippen LogP contribution in [0.5, 0.6) is 0 Å². The Morgan fingerprint density at radius 2 is 1.95 bits per heavy atom. The smallest absolute Gasteiger partial charge is 0.416 e. The molecule has 0 bridgehead atoms. The number of Topliss-reactive ketones (excluding diaryl/α,β-unsaturated/α-hetero) is 1. The Kier molecular flexibility index (Phi) is 3.20. The molecule has 1 unspecified atom stereocenters. The van der Waals surface area contributed by atoms with E-state index in [1.165, 1.54) is 30.7 Å². The standard InChI is InChI=1S/C15H10F3NO3/c16-15(17,18)10-3-1-2-8(6-10)11-12(20)13(22-14(11)19)9-4-5-21-7-9/h1-7,13H,19H2. The highest BCUT2D eigenvalue weighted by Crippen LogP contribution is 2.38. The van der Waals surface area contributed by atoms with Gasteiger partial charge in [0.25, 0.3) is 0 Å². The zero-order valence-corrected chi connectivity index (χ0v) is 11.1. The summed E-state index contributed by atoms with van der Waals surface area (Å²) < 4.78 is 48.5. The van der Waals surface area contributed by atoms with Gasteiger partial charge in [-0.15, -0.1) is 0 Å². The second-order valence-corrected chi connectivity index (χ2v) is 4.74. The van der Waals surface area contributed by atoms with E-state index in [2.05, 4.69) is 0 Å². The van der Waals surface area contributed by atoms with Crippen molar-refractivity contribution in [2.45, 2.75) is 12.3 Å². The van der Waals surface area contributed by atoms with Crippen molar-refractivity contribution in [1.29, 1.82) is 0 Å². The highest BCUT2D eigenvalue weighted by molar-refractivity contribution is 6.25. The van der Waals surface area contributed by atoms with E-state index >= 15 is 0 Å². The fourth-order valence-corrected chi connectivity index (χ4v) is 2.27. The Bertz CT molecular complexity index is 748. The molecule has 22 heavy (non-hydrogen) atoms. The number of ether oxygens (including phenoxy) is 1. The van der Waals surface area contributed by atoms with Crippen LogP contribution in [-0.2, 0) is 15.7 Å². The number of hydrogen-bond donors (Lipinski definition) is 1. The molecule has 1 atom stereocenters. The minimum absolute atomic E-state index is 0.0581. The molecule has 1 aromatic heterocycles. The van der Waals surface area contributed by atoms with Crippen LogP contribution in [0.3, 0.4) is 0 Å². The molecule has 7 heteroatoms. The first kappa shape index (κ1) is 14.2. The SMILES string of the molecule is NC1=C(c2cccc(C(F)(F)F)c2)C(=O)C(c2ccoc2)O1. The zero-order valence-electron chi connectivity index (χ0n) is 11.1. The van der Waals surface area contributed by atoms with Gasteiger partial charge in [0.15, 0.2) is 12.0 Å². The Morgan fingerprint density at radius 3 is 2.59 bits per heavy atom. The summed E-state index contributed by atoms with van der Waals surface area (Å²) in [5.74, 6) is -0.700. The molecule has 1 aliphatic heterocycles. The summed E-state index contributed by atoms with van der Waals surface area (Å²) in [7, 11) is 0. The fraction of sp³-hybridized carbons (Fsp3) is 0.133. The second-order valence-electron chi connectivity index (χ2n) is 4.74. The summed E-state index contributed by atoms with van der Waals surface area (Å²) >= 11 is 0. The molecule has 0 fully saturated rings. The van der Waals surface area contributed by atoms with E-state index in [4.69, 9.17) is 14.9 Å². The average molecular weight is 309 g/mol. The van der Waals surface area contributed by atoms with Crippen molar-refractivity contribution < 1.29 is 27.1 Å². The van der Waals surface area contributed by atoms with Gasteiger partial charge in [-0.05, 0) is 23.8 Å². The summed E-state index contributed by atoms with van der Waals surface area (Å²) in [4.78, 5) is 12.4. The molecule has 114 valence electrons. The number of rotatable bonds is 2. The molecular weight excluding hydrogens is 299 g/mol. The third kappa shape index (κ3) is 2.34. The first-order valence-electron chi connectivity index (χ1n) is 6.28. The number of ketones is 1. The van der Waals surface area contributed by atoms with E-state index in [0.717, 1.165) is 12.1 Å². The zero-order chi connectivity index (χ0) is 15.9. The maximum absolute atomic E-state index is 12.8. The highest BCUT2D eigenvalue weighted by Gasteiger charge is 2.38. The second kappa shape index (κ2) is 4.94. The van der Waals surface area contributed by atoms with Crippen LogP contribution >= 0.6 is 0 Å². The van der Waals surface area contributed by atoms with Crippen molar-refractivity contribution >= 4 is 11.4 Å². The van der Waals surface area contributed by atoms with Crippen LogP contribution < -0.4 is 5.73 Å². The minimum atomic E-state index is -4.50. The van der Waals surface area contributed by atoms with Crippen molar-refractivity contribution in [2.24, 2.45) is 5.73 Å². The number of nitrogens with two attached hydrogens (primary N) is 1. The van der Waals surface area contributed by atoms with E-state index in [1.54, 1.807) is 0 Å². The summed E-state index contributed by atoms with van der Waals surface area (Å²) in [6, 6.07) is 5.94. The number of carbonyl (C=O) groups is 1. The predicted octanol–water partition coefficient (Wildman–Crippen LogP) is 3.27. The van der Waals surface area contributed by atoms with Crippen molar-refractivity contribution in [3.05, 3.63) is 65.4 Å². The maximum atomic E-state index is 12.8. The monoisotopic (exact) mass is 309 g/mol. The molecule has 2 N–H and O–H groups in total. The Morgan fingerprint density at radius 1 is 1.18 bits per heavy atom. The van der Waals surface area contributed by atoms with Gasteiger partial charge in [0.1, 0.15) is 0 Å². The lowest BCUT2D eigenvalue weighted by Gasteiger charge is -2.09. The van der Waals surface area contributed by atoms with Crippen LogP contribution in [0.25, 0.3) is 5.57 Å². The Hall–Kier alpha value is -2.70. The summed E-state index contributed by atoms with van der Waals surface area (Å²) in [5.41, 5.74) is 5.29. The number of alkyl halides is 3. The molecule has 0 spiro atoms. The Balaban J connectivity index is 1.98. The van der Waals surface area contributed by atoms with Crippen LogP contribution in [0.4, 0.5) is 13.2 Å². The molecule has 0 saturated carbocycles. The maximum Gasteiger partial charge on any atom is 0.416 e. The number of halogens is 3. The molecule has 3 rings (SSSR count). The van der Waals surface area contributed by atoms with E-state index in [9.17, 15) is 18.0 Å². The fourth-order valence-electron chi connectivity index (χ4n) is 2.27. The quantitative estimate of drug-likeness (QED) is 0.924. The van der Waals surface area contributed by atoms with Crippen molar-refractivity contribution in [2.75, 3.05) is 0 Å². The van der Waals surface area contributed by atoms with Crippen LogP contribution in [0, 0.1) is 0 Å². The van der Waals surface area contributed by atoms with Gasteiger partial charge in [-0.3, -0.25) is 4.79 Å². The van der Waals surface area contributed by atoms with Gasteiger partial charge >= 0.3 is 6.18 Å². The lowest BCUT2D eigenvalue weighted by molar-refractivity contribution is -0.137. The number of furan rings is 1. The van der Waals surface area contributed by atoms with Crippen molar-refractivity contribution in [3.8, 4) is 0 Å². The van der Waals surface area contributed by atoms with E-state index in [-0.39, 0.29) is 17.0 Å². The van der Waals surface area contributed by atoms with Gasteiger partial charge in [-0.1, -0.05) is 12.1 Å². The molecule has 1 aliphatic rings. The van der Waals surface area contributed by atoms with E-state index < -0.39 is 23.6 Å². The molecule has 1 aromatic carbocycles. The molecule has 2 heterocycles. The highest BCUT2D eigenvalue weighted by atomic mass is 19.4. The number of benzene rings is 1. The molecule has 0 amide bonds. The van der Waals surface area contributed by atoms with Crippen LogP contribution in [0.15, 0.2) is 53.2 Å². The van der Waals surface area contributed by atoms with Gasteiger partial charge in [0.05, 0.1) is 23.7 Å². The molecule has 0 radical (unpaired) electrons. The lowest BCUT2D eigenvalue weighted by atomic mass is 9.97. The predicted molar refractivity (Wildman–Crippen MR) is 70.1 cm³/mol. The summed E-state index contributed by atoms with van der Waals surface area (Å²) in [6.45, 7) is 0. The van der Waals surface area contributed by atoms with Gasteiger partial charge in [-0.25, -0.2) is 0 Å². The van der Waals surface area contributed by atoms with Crippen molar-refractivity contribution in [3.63, 3.8) is 0 Å². The summed E-state index contributed by atoms with van der Waals surface area (Å²) in [6.07, 6.45) is -2.81. The molecule has 0 saturated heterocycles. The average Bonchev–Trinajstić information content (AvgIpc) is 3.06. The van der Waals surface area contributed by atoms with Crippen LogP contribution in [0.1, 0.15) is 22.8 Å². The van der Waals surface area contributed by atoms with Gasteiger partial charge < -0.3 is 14.9 Å². The van der Waals surface area contributed by atoms with Crippen molar-refractivity contribution in [1.82, 2.24) is 0 Å². The molecule has 2 aromatic rings. The van der Waals surface area contributed by atoms with E-state index in [0.29, 0.717) is 5.56 Å². The normalized spacial score (nSPS) is 18.7. The molecule has 4 nitrogen and oxygen atoms in total. The topological polar surface area (TPSA) is 65.5 Å².